The molecule has 266 valence electrons. The smallest absolute Gasteiger partial charge is 0.435 e. The first-order valence-corrected chi connectivity index (χ1v) is 17.3. The van der Waals surface area contributed by atoms with Crippen molar-refractivity contribution in [1.82, 2.24) is 24.5 Å². The van der Waals surface area contributed by atoms with Gasteiger partial charge < -0.3 is 25.9 Å². The van der Waals surface area contributed by atoms with Crippen molar-refractivity contribution in [3.63, 3.8) is 0 Å². The largest absolute Gasteiger partial charge is 0.519 e. The zero-order valence-corrected chi connectivity index (χ0v) is 30.2. The summed E-state index contributed by atoms with van der Waals surface area (Å²) in [5.74, 6) is 0.388. The van der Waals surface area contributed by atoms with Gasteiger partial charge in [-0.1, -0.05) is 33.3 Å². The maximum absolute atomic E-state index is 13.1. The van der Waals surface area contributed by atoms with E-state index in [0.29, 0.717) is 50.6 Å². The number of unbranched alkanes of at least 4 members (excludes halogenated alkanes) is 4. The van der Waals surface area contributed by atoms with Crippen LogP contribution in [-0.2, 0) is 9.59 Å². The molecule has 48 heavy (non-hydrogen) atoms. The van der Waals surface area contributed by atoms with E-state index >= 15 is 0 Å². The van der Waals surface area contributed by atoms with Gasteiger partial charge in [0.25, 0.3) is 0 Å². The molecule has 2 aromatic rings. The SMILES string of the molecule is CC.CC1=NC(CCCCN(CN)C[N+](C)(C(=O)O)c2cc(N(CCCCCC=O)CCNC=O)cc(-n3nc(C)cc3C)c2)=CC1C. The van der Waals surface area contributed by atoms with Gasteiger partial charge in [0.15, 0.2) is 6.67 Å². The molecule has 0 fully saturated rings. The van der Waals surface area contributed by atoms with Gasteiger partial charge in [-0.3, -0.25) is 9.79 Å². The van der Waals surface area contributed by atoms with Crippen molar-refractivity contribution in [2.45, 2.75) is 86.5 Å². The first-order valence-electron chi connectivity index (χ1n) is 17.3. The Morgan fingerprint density at radius 3 is 2.35 bits per heavy atom. The van der Waals surface area contributed by atoms with Crippen LogP contribution in [0.1, 0.15) is 84.0 Å². The minimum absolute atomic E-state index is 0.182. The number of hydrogen-bond acceptors (Lipinski definition) is 8. The Morgan fingerprint density at radius 1 is 1.04 bits per heavy atom. The van der Waals surface area contributed by atoms with E-state index in [-0.39, 0.29) is 13.3 Å². The Morgan fingerprint density at radius 2 is 1.77 bits per heavy atom. The van der Waals surface area contributed by atoms with Crippen LogP contribution in [0.15, 0.2) is 41.0 Å². The Kier molecular flexibility index (Phi) is 17.2. The van der Waals surface area contributed by atoms with Crippen LogP contribution in [0, 0.1) is 19.8 Å². The van der Waals surface area contributed by atoms with Crippen molar-refractivity contribution < 1.29 is 19.5 Å². The summed E-state index contributed by atoms with van der Waals surface area (Å²) in [6, 6.07) is 7.83. The van der Waals surface area contributed by atoms with Crippen LogP contribution in [0.2, 0.25) is 0 Å². The zero-order valence-electron chi connectivity index (χ0n) is 30.2. The van der Waals surface area contributed by atoms with Crippen molar-refractivity contribution >= 4 is 35.9 Å². The molecule has 2 atom stereocenters. The Hall–Kier alpha value is -3.87. The highest BCUT2D eigenvalue weighted by Gasteiger charge is 2.38. The number of allylic oxidation sites excluding steroid dienone is 2. The molecule has 0 spiro atoms. The van der Waals surface area contributed by atoms with Gasteiger partial charge in [0.05, 0.1) is 25.1 Å². The third-order valence-corrected chi connectivity index (χ3v) is 8.68. The van der Waals surface area contributed by atoms with Crippen LogP contribution >= 0.6 is 0 Å². The number of hydrogen-bond donors (Lipinski definition) is 3. The van der Waals surface area contributed by atoms with Crippen molar-refractivity contribution in [2.24, 2.45) is 16.6 Å². The van der Waals surface area contributed by atoms with Gasteiger partial charge >= 0.3 is 6.09 Å². The number of aliphatic imine (C=N–C) groups is 1. The molecule has 1 aliphatic heterocycles. The summed E-state index contributed by atoms with van der Waals surface area (Å²) < 4.78 is 1.44. The fraction of sp³-hybridized carbons (Fsp3) is 0.583. The Labute approximate surface area is 287 Å². The molecule has 0 radical (unpaired) electrons. The zero-order chi connectivity index (χ0) is 35.7. The molecule has 4 N–H and O–H groups in total. The van der Waals surface area contributed by atoms with E-state index in [4.69, 9.17) is 10.8 Å². The van der Waals surface area contributed by atoms with E-state index in [9.17, 15) is 19.5 Å². The number of aryl methyl sites for hydroxylation is 2. The van der Waals surface area contributed by atoms with Gasteiger partial charge in [-0.2, -0.15) is 14.4 Å². The van der Waals surface area contributed by atoms with E-state index in [1.165, 1.54) is 0 Å². The number of carboxylic acid groups (broad SMARTS) is 1. The second kappa shape index (κ2) is 20.5. The number of benzene rings is 1. The molecule has 1 aromatic heterocycles. The summed E-state index contributed by atoms with van der Waals surface area (Å²) >= 11 is 0. The number of aromatic nitrogens is 2. The van der Waals surface area contributed by atoms with Crippen molar-refractivity contribution in [2.75, 3.05) is 51.5 Å². The maximum atomic E-state index is 13.1. The molecule has 0 bridgehead atoms. The van der Waals surface area contributed by atoms with Crippen LogP contribution in [0.4, 0.5) is 16.2 Å². The van der Waals surface area contributed by atoms with Gasteiger partial charge in [0.1, 0.15) is 12.0 Å². The molecule has 12 heteroatoms. The normalized spacial score (nSPS) is 15.2. The van der Waals surface area contributed by atoms with E-state index in [1.54, 1.807) is 7.05 Å². The third kappa shape index (κ3) is 11.7. The molecule has 0 aliphatic carbocycles. The number of nitrogens with two attached hydrogens (primary N) is 1. The van der Waals surface area contributed by atoms with Gasteiger partial charge in [0.2, 0.25) is 6.41 Å². The second-order valence-electron chi connectivity index (χ2n) is 12.5. The monoisotopic (exact) mass is 667 g/mol. The van der Waals surface area contributed by atoms with Crippen LogP contribution in [0.5, 0.6) is 0 Å². The lowest BCUT2D eigenvalue weighted by molar-refractivity contribution is -0.109. The number of anilines is 1. The van der Waals surface area contributed by atoms with Gasteiger partial charge in [0, 0.05) is 73.4 Å². The van der Waals surface area contributed by atoms with Crippen LogP contribution in [0.25, 0.3) is 5.69 Å². The summed E-state index contributed by atoms with van der Waals surface area (Å²) in [6.07, 6.45) is 8.62. The first-order chi connectivity index (χ1) is 23.0. The fourth-order valence-electron chi connectivity index (χ4n) is 5.82. The lowest BCUT2D eigenvalue weighted by Gasteiger charge is -2.34. The van der Waals surface area contributed by atoms with E-state index in [1.807, 2.05) is 61.5 Å². The molecule has 12 nitrogen and oxygen atoms in total. The maximum Gasteiger partial charge on any atom is 0.519 e. The van der Waals surface area contributed by atoms with E-state index in [2.05, 4.69) is 35.1 Å². The molecule has 0 saturated heterocycles. The molecular weight excluding hydrogens is 608 g/mol. The summed E-state index contributed by atoms with van der Waals surface area (Å²) in [7, 11) is 1.70. The van der Waals surface area contributed by atoms with Gasteiger partial charge in [-0.25, -0.2) is 9.58 Å². The minimum atomic E-state index is -0.993. The van der Waals surface area contributed by atoms with Crippen molar-refractivity contribution in [1.29, 1.82) is 0 Å². The number of aldehydes is 1. The van der Waals surface area contributed by atoms with Gasteiger partial charge in [-0.05, 0) is 65.0 Å². The first kappa shape index (κ1) is 40.3. The summed E-state index contributed by atoms with van der Waals surface area (Å²) in [6.45, 7) is 14.8. The van der Waals surface area contributed by atoms with Gasteiger partial charge in [-0.15, -0.1) is 0 Å². The molecule has 1 aromatic carbocycles. The highest BCUT2D eigenvalue weighted by molar-refractivity contribution is 5.88. The van der Waals surface area contributed by atoms with E-state index < -0.39 is 10.6 Å². The number of nitrogens with one attached hydrogen (secondary N) is 1. The third-order valence-electron chi connectivity index (χ3n) is 8.68. The predicted octanol–water partition coefficient (Wildman–Crippen LogP) is 5.78. The summed E-state index contributed by atoms with van der Waals surface area (Å²) in [5, 5.41) is 18.2. The van der Waals surface area contributed by atoms with Crippen LogP contribution in [0.3, 0.4) is 0 Å². The molecule has 3 rings (SSSR count). The number of quaternary nitrogens is 1. The molecule has 2 amide bonds. The predicted molar refractivity (Wildman–Crippen MR) is 196 cm³/mol. The molecule has 0 saturated carbocycles. The number of amides is 2. The van der Waals surface area contributed by atoms with Crippen LogP contribution in [-0.4, -0.2) is 90.9 Å². The highest BCUT2D eigenvalue weighted by Crippen LogP contribution is 2.32. The summed E-state index contributed by atoms with van der Waals surface area (Å²) in [5.41, 5.74) is 12.4. The van der Waals surface area contributed by atoms with Crippen LogP contribution < -0.4 is 20.4 Å². The summed E-state index contributed by atoms with van der Waals surface area (Å²) in [4.78, 5) is 43.8. The lowest BCUT2D eigenvalue weighted by Crippen LogP contribution is -2.57. The van der Waals surface area contributed by atoms with E-state index in [0.717, 1.165) is 79.0 Å². The van der Waals surface area contributed by atoms with Crippen molar-refractivity contribution in [3.05, 3.63) is 47.4 Å². The fourth-order valence-corrected chi connectivity index (χ4v) is 5.82. The standard InChI is InChI=1S/C34H52N8O4.C2H6/c1-26-18-30(37-29(26)4)12-8-10-14-39(23-35)25-42(5,34(45)46)33-21-31(20-32(22-33)41-28(3)19-27(2)38-41)40(16-13-36-24-44)15-9-6-7-11-17-43;1-2/h17-22,24,26H,6-16,23,25,35H2,1-5H3,(H-,36,44,45,46);1-2H3/p+1. The number of nitrogens with zero attached hydrogens (tertiary/aromatic N) is 6. The number of carbonyl (C=O) groups excluding carboxylic acids is 2. The average Bonchev–Trinajstić information content (AvgIpc) is 3.59. The molecule has 1 aliphatic rings. The Bertz CT molecular complexity index is 1390. The highest BCUT2D eigenvalue weighted by atomic mass is 16.4. The molecular formula is C36H59N8O4+. The molecule has 2 unspecified atom stereocenters. The number of rotatable bonds is 21. The minimum Gasteiger partial charge on any atom is -0.435 e. The molecule has 2 heterocycles. The number of carbonyl (C=O) groups is 3. The lowest BCUT2D eigenvalue weighted by atomic mass is 10.1. The quantitative estimate of drug-likeness (QED) is 0.0657. The second-order valence-corrected chi connectivity index (χ2v) is 12.5. The average molecular weight is 668 g/mol. The Balaban J connectivity index is 0.00000392. The van der Waals surface area contributed by atoms with Crippen molar-refractivity contribution in [3.8, 4) is 5.69 Å². The topological polar surface area (TPSA) is 146 Å².